The molecule has 0 aromatic rings. The van der Waals surface area contributed by atoms with Crippen molar-refractivity contribution in [3.8, 4) is 6.07 Å². The molecule has 0 spiro atoms. The number of methoxy groups -OCH3 is 1. The van der Waals surface area contributed by atoms with Crippen molar-refractivity contribution in [1.82, 2.24) is 0 Å². The Morgan fingerprint density at radius 2 is 2.25 bits per heavy atom. The van der Waals surface area contributed by atoms with Gasteiger partial charge in [0.2, 0.25) is 0 Å². The highest BCUT2D eigenvalue weighted by molar-refractivity contribution is 4.96. The van der Waals surface area contributed by atoms with Crippen LogP contribution in [0.1, 0.15) is 0 Å². The van der Waals surface area contributed by atoms with Crippen LogP contribution in [0.2, 0.25) is 0 Å². The van der Waals surface area contributed by atoms with Gasteiger partial charge in [-0.2, -0.15) is 5.26 Å². The third-order valence-corrected chi connectivity index (χ3v) is 1.87. The van der Waals surface area contributed by atoms with Crippen molar-refractivity contribution in [2.24, 2.45) is 5.92 Å². The monoisotopic (exact) mass is 173 g/mol. The number of aliphatic hydroxyl groups excluding tert-OH is 2. The Balaban J connectivity index is 2.64. The van der Waals surface area contributed by atoms with Gasteiger partial charge < -0.3 is 19.7 Å². The molecular weight excluding hydrogens is 162 g/mol. The first kappa shape index (κ1) is 9.42. The SMILES string of the molecule is CO[C@H]1OC[C@H](O)[C@@H](C#N)[C@@H]1O. The van der Waals surface area contributed by atoms with Crippen LogP contribution < -0.4 is 0 Å². The fourth-order valence-corrected chi connectivity index (χ4v) is 1.16. The van der Waals surface area contributed by atoms with Crippen molar-refractivity contribution in [3.63, 3.8) is 0 Å². The molecule has 4 atom stereocenters. The number of hydrogen-bond acceptors (Lipinski definition) is 5. The summed E-state index contributed by atoms with van der Waals surface area (Å²) in [7, 11) is 1.38. The number of rotatable bonds is 1. The van der Waals surface area contributed by atoms with Gasteiger partial charge in [0.05, 0.1) is 18.8 Å². The average Bonchev–Trinajstić information content (AvgIpc) is 2.06. The van der Waals surface area contributed by atoms with E-state index in [4.69, 9.17) is 14.7 Å². The highest BCUT2D eigenvalue weighted by Crippen LogP contribution is 2.20. The standard InChI is InChI=1S/C7H11NO4/c1-11-7-6(10)4(2-8)5(9)3-12-7/h4-7,9-10H,3H2,1H3/t4-,5+,6+,7+/m1/s1. The van der Waals surface area contributed by atoms with Crippen molar-refractivity contribution in [2.75, 3.05) is 13.7 Å². The molecule has 0 radical (unpaired) electrons. The maximum atomic E-state index is 9.37. The first-order valence-corrected chi connectivity index (χ1v) is 3.61. The first-order valence-electron chi connectivity index (χ1n) is 3.61. The van der Waals surface area contributed by atoms with E-state index in [-0.39, 0.29) is 6.61 Å². The molecule has 2 N–H and O–H groups in total. The Kier molecular flexibility index (Phi) is 3.00. The van der Waals surface area contributed by atoms with Crippen LogP contribution in [0.15, 0.2) is 0 Å². The van der Waals surface area contributed by atoms with Gasteiger partial charge in [-0.3, -0.25) is 0 Å². The molecule has 0 amide bonds. The second-order valence-corrected chi connectivity index (χ2v) is 2.65. The fourth-order valence-electron chi connectivity index (χ4n) is 1.16. The van der Waals surface area contributed by atoms with E-state index in [0.29, 0.717) is 0 Å². The maximum absolute atomic E-state index is 9.37. The van der Waals surface area contributed by atoms with E-state index in [1.807, 2.05) is 6.07 Å². The molecule has 0 aliphatic carbocycles. The molecule has 1 saturated heterocycles. The van der Waals surface area contributed by atoms with E-state index < -0.39 is 24.4 Å². The average molecular weight is 173 g/mol. The van der Waals surface area contributed by atoms with Gasteiger partial charge in [-0.25, -0.2) is 0 Å². The predicted molar refractivity (Wildman–Crippen MR) is 37.9 cm³/mol. The van der Waals surface area contributed by atoms with Gasteiger partial charge in [0.15, 0.2) is 6.29 Å². The van der Waals surface area contributed by atoms with E-state index >= 15 is 0 Å². The normalized spacial score (nSPS) is 42.2. The maximum Gasteiger partial charge on any atom is 0.184 e. The molecule has 0 aromatic carbocycles. The summed E-state index contributed by atoms with van der Waals surface area (Å²) in [5.41, 5.74) is 0. The minimum Gasteiger partial charge on any atom is -0.389 e. The third-order valence-electron chi connectivity index (χ3n) is 1.87. The van der Waals surface area contributed by atoms with Crippen molar-refractivity contribution >= 4 is 0 Å². The topological polar surface area (TPSA) is 82.7 Å². The largest absolute Gasteiger partial charge is 0.389 e. The third kappa shape index (κ3) is 1.57. The van der Waals surface area contributed by atoms with Crippen molar-refractivity contribution in [3.05, 3.63) is 0 Å². The summed E-state index contributed by atoms with van der Waals surface area (Å²) in [6.07, 6.45) is -2.82. The lowest BCUT2D eigenvalue weighted by atomic mass is 9.95. The van der Waals surface area contributed by atoms with Crippen LogP contribution in [-0.2, 0) is 9.47 Å². The number of hydrogen-bond donors (Lipinski definition) is 2. The van der Waals surface area contributed by atoms with Crippen molar-refractivity contribution < 1.29 is 19.7 Å². The van der Waals surface area contributed by atoms with Crippen LogP contribution >= 0.6 is 0 Å². The molecule has 5 nitrogen and oxygen atoms in total. The Morgan fingerprint density at radius 1 is 1.58 bits per heavy atom. The summed E-state index contributed by atoms with van der Waals surface area (Å²) in [5, 5.41) is 27.1. The van der Waals surface area contributed by atoms with Gasteiger partial charge in [-0.15, -0.1) is 0 Å². The highest BCUT2D eigenvalue weighted by Gasteiger charge is 2.38. The second-order valence-electron chi connectivity index (χ2n) is 2.65. The zero-order valence-electron chi connectivity index (χ0n) is 6.67. The van der Waals surface area contributed by atoms with Crippen molar-refractivity contribution in [1.29, 1.82) is 5.26 Å². The summed E-state index contributed by atoms with van der Waals surface area (Å²) < 4.78 is 9.66. The van der Waals surface area contributed by atoms with E-state index in [1.165, 1.54) is 7.11 Å². The predicted octanol–water partition coefficient (Wildman–Crippen LogP) is -1.15. The zero-order chi connectivity index (χ0) is 9.14. The zero-order valence-corrected chi connectivity index (χ0v) is 6.67. The van der Waals surface area contributed by atoms with E-state index in [1.54, 1.807) is 0 Å². The number of nitriles is 1. The lowest BCUT2D eigenvalue weighted by Gasteiger charge is -2.33. The summed E-state index contributed by atoms with van der Waals surface area (Å²) in [4.78, 5) is 0. The van der Waals surface area contributed by atoms with Gasteiger partial charge in [0.1, 0.15) is 12.0 Å². The summed E-state index contributed by atoms with van der Waals surface area (Å²) in [5.74, 6) is -0.830. The van der Waals surface area contributed by atoms with Crippen LogP contribution in [0.25, 0.3) is 0 Å². The van der Waals surface area contributed by atoms with Crippen LogP contribution in [0, 0.1) is 17.2 Å². The number of nitrogens with zero attached hydrogens (tertiary/aromatic N) is 1. The molecule has 0 bridgehead atoms. The first-order chi connectivity index (χ1) is 5.70. The van der Waals surface area contributed by atoms with Crippen molar-refractivity contribution in [2.45, 2.75) is 18.5 Å². The molecule has 1 fully saturated rings. The summed E-state index contributed by atoms with van der Waals surface area (Å²) in [6.45, 7) is 0.0216. The lowest BCUT2D eigenvalue weighted by Crippen LogP contribution is -2.49. The molecule has 12 heavy (non-hydrogen) atoms. The van der Waals surface area contributed by atoms with E-state index in [0.717, 1.165) is 0 Å². The fraction of sp³-hybridized carbons (Fsp3) is 0.857. The molecule has 0 aromatic heterocycles. The van der Waals surface area contributed by atoms with E-state index in [9.17, 15) is 10.2 Å². The number of aliphatic hydroxyl groups is 2. The smallest absolute Gasteiger partial charge is 0.184 e. The Hall–Kier alpha value is -0.670. The number of ether oxygens (including phenoxy) is 2. The molecule has 1 aliphatic heterocycles. The second kappa shape index (κ2) is 3.83. The minimum absolute atomic E-state index is 0.0216. The highest BCUT2D eigenvalue weighted by atomic mass is 16.7. The summed E-state index contributed by atoms with van der Waals surface area (Å²) in [6, 6.07) is 1.81. The molecule has 0 unspecified atom stereocenters. The summed E-state index contributed by atoms with van der Waals surface area (Å²) >= 11 is 0. The van der Waals surface area contributed by atoms with Gasteiger partial charge in [0, 0.05) is 7.11 Å². The Morgan fingerprint density at radius 3 is 2.75 bits per heavy atom. The molecule has 5 heteroatoms. The minimum atomic E-state index is -1.08. The molecule has 68 valence electrons. The molecule has 1 heterocycles. The quantitative estimate of drug-likeness (QED) is 0.523. The molecule has 0 saturated carbocycles. The lowest BCUT2D eigenvalue weighted by molar-refractivity contribution is -0.238. The van der Waals surface area contributed by atoms with Gasteiger partial charge >= 0.3 is 0 Å². The van der Waals surface area contributed by atoms with Crippen LogP contribution in [-0.4, -0.2) is 42.4 Å². The Labute approximate surface area is 70.1 Å². The Bertz CT molecular complexity index is 190. The van der Waals surface area contributed by atoms with Crippen LogP contribution in [0.3, 0.4) is 0 Å². The van der Waals surface area contributed by atoms with Gasteiger partial charge in [0.25, 0.3) is 0 Å². The van der Waals surface area contributed by atoms with Gasteiger partial charge in [-0.1, -0.05) is 0 Å². The van der Waals surface area contributed by atoms with Crippen LogP contribution in [0.5, 0.6) is 0 Å². The van der Waals surface area contributed by atoms with Crippen LogP contribution in [0.4, 0.5) is 0 Å². The molecule has 1 rings (SSSR count). The van der Waals surface area contributed by atoms with Gasteiger partial charge in [-0.05, 0) is 0 Å². The van der Waals surface area contributed by atoms with E-state index in [2.05, 4.69) is 0 Å². The molecular formula is C7H11NO4. The molecule has 1 aliphatic rings.